The molecule has 0 fully saturated rings. The molecule has 0 amide bonds. The number of aliphatic carboxylic acids is 1. The molecule has 0 unspecified atom stereocenters. The Morgan fingerprint density at radius 1 is 1.45 bits per heavy atom. The van der Waals surface area contributed by atoms with Gasteiger partial charge in [0.1, 0.15) is 0 Å². The van der Waals surface area contributed by atoms with E-state index in [0.717, 1.165) is 29.4 Å². The number of benzene rings is 1. The molecular weight excluding hydrogens is 280 g/mol. The first-order valence-electron chi connectivity index (χ1n) is 5.92. The summed E-state index contributed by atoms with van der Waals surface area (Å²) >= 11 is 1.09. The first kappa shape index (κ1) is 14.5. The minimum Gasteiger partial charge on any atom is -0.481 e. The highest BCUT2D eigenvalue weighted by molar-refractivity contribution is 7.99. The van der Waals surface area contributed by atoms with Crippen molar-refractivity contribution in [2.24, 2.45) is 0 Å². The van der Waals surface area contributed by atoms with Crippen LogP contribution in [0.25, 0.3) is 5.69 Å². The minimum atomic E-state index is -0.905. The molecule has 0 atom stereocenters. The Hall–Kier alpha value is -1.93. The molecule has 8 heteroatoms. The fraction of sp³-hybridized carbons (Fsp3) is 0.333. The van der Waals surface area contributed by atoms with Crippen molar-refractivity contribution in [1.82, 2.24) is 20.2 Å². The van der Waals surface area contributed by atoms with Gasteiger partial charge < -0.3 is 9.84 Å². The maximum absolute atomic E-state index is 10.6. The van der Waals surface area contributed by atoms with Crippen LogP contribution >= 0.6 is 11.8 Å². The lowest BCUT2D eigenvalue weighted by atomic mass is 10.1. The van der Waals surface area contributed by atoms with Gasteiger partial charge in [-0.2, -0.15) is 4.68 Å². The summed E-state index contributed by atoms with van der Waals surface area (Å²) in [5.41, 5.74) is 1.88. The molecule has 7 nitrogen and oxygen atoms in total. The number of ether oxygens (including phenoxy) is 1. The number of nitrogens with zero attached hydrogens (tertiary/aromatic N) is 4. The molecule has 0 aliphatic rings. The summed E-state index contributed by atoms with van der Waals surface area (Å²) in [6.45, 7) is 0.594. The van der Waals surface area contributed by atoms with Crippen LogP contribution in [-0.2, 0) is 16.0 Å². The van der Waals surface area contributed by atoms with Crippen LogP contribution in [0.2, 0.25) is 0 Å². The van der Waals surface area contributed by atoms with E-state index in [9.17, 15) is 4.79 Å². The van der Waals surface area contributed by atoms with Crippen molar-refractivity contribution < 1.29 is 14.6 Å². The predicted molar refractivity (Wildman–Crippen MR) is 73.1 cm³/mol. The second kappa shape index (κ2) is 7.01. The van der Waals surface area contributed by atoms with Crippen molar-refractivity contribution in [3.05, 3.63) is 29.8 Å². The molecule has 2 rings (SSSR count). The van der Waals surface area contributed by atoms with Gasteiger partial charge in [-0.25, -0.2) is 0 Å². The van der Waals surface area contributed by atoms with Gasteiger partial charge in [0.15, 0.2) is 0 Å². The molecule has 0 aliphatic heterocycles. The van der Waals surface area contributed by atoms with Crippen LogP contribution in [0.1, 0.15) is 5.56 Å². The number of carboxylic acids is 1. The molecule has 0 spiro atoms. The first-order valence-corrected chi connectivity index (χ1v) is 6.91. The molecule has 0 aliphatic carbocycles. The molecule has 1 N–H and O–H groups in total. The average Bonchev–Trinajstić information content (AvgIpc) is 2.91. The monoisotopic (exact) mass is 294 g/mol. The van der Waals surface area contributed by atoms with E-state index in [2.05, 4.69) is 15.5 Å². The fourth-order valence-corrected chi connectivity index (χ4v) is 2.29. The van der Waals surface area contributed by atoms with Gasteiger partial charge in [0, 0.05) is 7.11 Å². The summed E-state index contributed by atoms with van der Waals surface area (Å²) < 4.78 is 6.64. The normalized spacial score (nSPS) is 10.7. The number of aromatic nitrogens is 4. The topological polar surface area (TPSA) is 90.1 Å². The van der Waals surface area contributed by atoms with Gasteiger partial charge in [0.25, 0.3) is 0 Å². The summed E-state index contributed by atoms with van der Waals surface area (Å²) in [6, 6.07) is 7.69. The third kappa shape index (κ3) is 3.55. The van der Waals surface area contributed by atoms with Crippen molar-refractivity contribution in [3.63, 3.8) is 0 Å². The number of para-hydroxylation sites is 1. The number of carbonyl (C=O) groups is 1. The lowest BCUT2D eigenvalue weighted by Crippen LogP contribution is -2.07. The Balaban J connectivity index is 2.27. The SMILES string of the molecule is COCCc1ccccc1-n1nnnc1SCC(=O)O. The Bertz CT molecular complexity index is 588. The number of rotatable bonds is 7. The molecule has 0 bridgehead atoms. The van der Waals surface area contributed by atoms with E-state index in [1.54, 1.807) is 11.8 Å². The van der Waals surface area contributed by atoms with Crippen molar-refractivity contribution >= 4 is 17.7 Å². The molecule has 0 saturated carbocycles. The van der Waals surface area contributed by atoms with Crippen LogP contribution in [0.15, 0.2) is 29.4 Å². The van der Waals surface area contributed by atoms with Crippen molar-refractivity contribution in [2.75, 3.05) is 19.5 Å². The van der Waals surface area contributed by atoms with Crippen molar-refractivity contribution in [2.45, 2.75) is 11.6 Å². The third-order valence-electron chi connectivity index (χ3n) is 2.56. The number of tetrazole rings is 1. The smallest absolute Gasteiger partial charge is 0.313 e. The van der Waals surface area contributed by atoms with Crippen LogP contribution < -0.4 is 0 Å². The number of thioether (sulfide) groups is 1. The van der Waals surface area contributed by atoms with Gasteiger partial charge in [-0.15, -0.1) is 5.10 Å². The highest BCUT2D eigenvalue weighted by atomic mass is 32.2. The van der Waals surface area contributed by atoms with E-state index >= 15 is 0 Å². The Morgan fingerprint density at radius 2 is 2.25 bits per heavy atom. The molecule has 20 heavy (non-hydrogen) atoms. The molecule has 1 heterocycles. The van der Waals surface area contributed by atoms with Gasteiger partial charge in [0.05, 0.1) is 18.0 Å². The largest absolute Gasteiger partial charge is 0.481 e. The van der Waals surface area contributed by atoms with Crippen LogP contribution in [-0.4, -0.2) is 50.8 Å². The van der Waals surface area contributed by atoms with Gasteiger partial charge in [-0.1, -0.05) is 30.0 Å². The second-order valence-electron chi connectivity index (χ2n) is 3.93. The summed E-state index contributed by atoms with van der Waals surface area (Å²) in [5, 5.41) is 20.6. The van der Waals surface area contributed by atoms with E-state index in [4.69, 9.17) is 9.84 Å². The van der Waals surface area contributed by atoms with E-state index in [0.29, 0.717) is 11.8 Å². The Morgan fingerprint density at radius 3 is 3.00 bits per heavy atom. The number of methoxy groups -OCH3 is 1. The minimum absolute atomic E-state index is 0.0827. The number of hydrogen-bond donors (Lipinski definition) is 1. The van der Waals surface area contributed by atoms with E-state index < -0.39 is 5.97 Å². The van der Waals surface area contributed by atoms with E-state index in [1.165, 1.54) is 0 Å². The molecule has 1 aromatic carbocycles. The summed E-state index contributed by atoms with van der Waals surface area (Å²) in [4.78, 5) is 10.6. The highest BCUT2D eigenvalue weighted by Crippen LogP contribution is 2.21. The van der Waals surface area contributed by atoms with Gasteiger partial charge in [-0.3, -0.25) is 4.79 Å². The molecule has 0 radical (unpaired) electrons. The summed E-state index contributed by atoms with van der Waals surface area (Å²) in [7, 11) is 1.65. The second-order valence-corrected chi connectivity index (χ2v) is 4.87. The maximum Gasteiger partial charge on any atom is 0.313 e. The van der Waals surface area contributed by atoms with Crippen LogP contribution in [0, 0.1) is 0 Å². The van der Waals surface area contributed by atoms with E-state index in [-0.39, 0.29) is 5.75 Å². The summed E-state index contributed by atoms with van der Waals surface area (Å²) in [5.74, 6) is -0.988. The quantitative estimate of drug-likeness (QED) is 0.763. The third-order valence-corrected chi connectivity index (χ3v) is 3.47. The molecule has 2 aromatic rings. The Kier molecular flexibility index (Phi) is 5.08. The van der Waals surface area contributed by atoms with Gasteiger partial charge in [-0.05, 0) is 28.5 Å². The van der Waals surface area contributed by atoms with Crippen LogP contribution in [0.4, 0.5) is 0 Å². The molecular formula is C12H14N4O3S. The van der Waals surface area contributed by atoms with Crippen molar-refractivity contribution in [1.29, 1.82) is 0 Å². The standard InChI is InChI=1S/C12H14N4O3S/c1-19-7-6-9-4-2-3-5-10(9)16-12(13-14-15-16)20-8-11(17)18/h2-5H,6-8H2,1H3,(H,17,18). The lowest BCUT2D eigenvalue weighted by Gasteiger charge is -2.09. The zero-order valence-electron chi connectivity index (χ0n) is 10.9. The van der Waals surface area contributed by atoms with Gasteiger partial charge in [0.2, 0.25) is 5.16 Å². The van der Waals surface area contributed by atoms with Crippen molar-refractivity contribution in [3.8, 4) is 5.69 Å². The predicted octanol–water partition coefficient (Wildman–Crippen LogP) is 1.03. The zero-order valence-corrected chi connectivity index (χ0v) is 11.7. The van der Waals surface area contributed by atoms with Crippen LogP contribution in [0.3, 0.4) is 0 Å². The van der Waals surface area contributed by atoms with Crippen LogP contribution in [0.5, 0.6) is 0 Å². The maximum atomic E-state index is 10.6. The Labute approximate surface area is 119 Å². The summed E-state index contributed by atoms with van der Waals surface area (Å²) in [6.07, 6.45) is 0.732. The van der Waals surface area contributed by atoms with E-state index in [1.807, 2.05) is 24.3 Å². The van der Waals surface area contributed by atoms with Gasteiger partial charge >= 0.3 is 5.97 Å². The number of carboxylic acid groups (broad SMARTS) is 1. The highest BCUT2D eigenvalue weighted by Gasteiger charge is 2.13. The average molecular weight is 294 g/mol. The molecule has 1 aromatic heterocycles. The number of hydrogen-bond acceptors (Lipinski definition) is 6. The first-order chi connectivity index (χ1) is 9.72. The molecule has 0 saturated heterocycles. The fourth-order valence-electron chi connectivity index (χ4n) is 1.69. The molecule has 106 valence electrons. The zero-order chi connectivity index (χ0) is 14.4. The lowest BCUT2D eigenvalue weighted by molar-refractivity contribution is -0.133.